The van der Waals surface area contributed by atoms with E-state index >= 15 is 0 Å². The predicted molar refractivity (Wildman–Crippen MR) is 119 cm³/mol. The van der Waals surface area contributed by atoms with E-state index in [-0.39, 0.29) is 0 Å². The zero-order chi connectivity index (χ0) is 19.5. The largest absolute Gasteiger partial charge is 0.349 e. The molecule has 0 N–H and O–H groups in total. The second-order valence-electron chi connectivity index (χ2n) is 8.14. The molecule has 0 bridgehead atoms. The van der Waals surface area contributed by atoms with Crippen LogP contribution >= 0.6 is 0 Å². The van der Waals surface area contributed by atoms with E-state index in [0.29, 0.717) is 0 Å². The molecule has 0 aromatic rings. The normalized spacial score (nSPS) is 11.8. The van der Waals surface area contributed by atoms with Gasteiger partial charge in [-0.05, 0) is 6.42 Å². The molecule has 0 amide bonds. The Hall–Kier alpha value is -0.730. The van der Waals surface area contributed by atoms with Gasteiger partial charge >= 0.3 is 0 Å². The van der Waals surface area contributed by atoms with Gasteiger partial charge in [-0.3, -0.25) is 4.99 Å². The van der Waals surface area contributed by atoms with Crippen LogP contribution in [0.5, 0.6) is 0 Å². The van der Waals surface area contributed by atoms with Crippen molar-refractivity contribution in [2.75, 3.05) is 34.7 Å². The highest BCUT2D eigenvalue weighted by Crippen LogP contribution is 2.13. The fourth-order valence-corrected chi connectivity index (χ4v) is 3.71. The van der Waals surface area contributed by atoms with E-state index in [1.807, 2.05) is 7.05 Å². The van der Waals surface area contributed by atoms with Crippen molar-refractivity contribution in [2.24, 2.45) is 4.99 Å². The van der Waals surface area contributed by atoms with Gasteiger partial charge in [-0.1, -0.05) is 103 Å². The van der Waals surface area contributed by atoms with E-state index in [1.165, 1.54) is 103 Å². The average molecular weight is 368 g/mol. The van der Waals surface area contributed by atoms with Gasteiger partial charge < -0.3 is 9.80 Å². The lowest BCUT2D eigenvalue weighted by Crippen LogP contribution is -2.38. The Labute approximate surface area is 165 Å². The van der Waals surface area contributed by atoms with E-state index < -0.39 is 0 Å². The molecule has 0 fully saturated rings. The fraction of sp³-hybridized carbons (Fsp3) is 0.957. The Bertz CT molecular complexity index is 313. The Morgan fingerprint density at radius 1 is 0.577 bits per heavy atom. The molecular formula is C23H49N3. The molecule has 0 heterocycles. The number of hydrogen-bond acceptors (Lipinski definition) is 1. The first-order chi connectivity index (χ1) is 12.6. The van der Waals surface area contributed by atoms with Crippen LogP contribution in [0, 0.1) is 0 Å². The van der Waals surface area contributed by atoms with Gasteiger partial charge in [0, 0.05) is 34.7 Å². The van der Waals surface area contributed by atoms with Crippen LogP contribution in [-0.4, -0.2) is 50.5 Å². The van der Waals surface area contributed by atoms with Gasteiger partial charge in [0.2, 0.25) is 0 Å². The summed E-state index contributed by atoms with van der Waals surface area (Å²) in [5.74, 6) is 1.07. The third kappa shape index (κ3) is 15.5. The van der Waals surface area contributed by atoms with Gasteiger partial charge in [0.25, 0.3) is 0 Å². The van der Waals surface area contributed by atoms with Gasteiger partial charge in [-0.2, -0.15) is 0 Å². The molecule has 0 aromatic heterocycles. The van der Waals surface area contributed by atoms with Crippen LogP contribution in [0.1, 0.15) is 110 Å². The molecule has 0 rings (SSSR count). The van der Waals surface area contributed by atoms with E-state index in [2.05, 4.69) is 42.9 Å². The molecular weight excluding hydrogens is 318 g/mol. The summed E-state index contributed by atoms with van der Waals surface area (Å²) in [6, 6.07) is 0. The molecule has 0 unspecified atom stereocenters. The number of hydrogen-bond donors (Lipinski definition) is 0. The molecule has 0 aliphatic heterocycles. The van der Waals surface area contributed by atoms with E-state index in [4.69, 9.17) is 0 Å². The first kappa shape index (κ1) is 25.3. The average Bonchev–Trinajstić information content (AvgIpc) is 2.61. The van der Waals surface area contributed by atoms with Crippen molar-refractivity contribution in [2.45, 2.75) is 110 Å². The highest BCUT2D eigenvalue weighted by Gasteiger charge is 2.06. The number of nitrogens with zero attached hydrogens (tertiary/aromatic N) is 3. The minimum absolute atomic E-state index is 1.07. The van der Waals surface area contributed by atoms with Crippen molar-refractivity contribution >= 4 is 5.96 Å². The number of guanidine groups is 1. The van der Waals surface area contributed by atoms with Crippen LogP contribution < -0.4 is 0 Å². The molecule has 156 valence electrons. The Morgan fingerprint density at radius 2 is 0.923 bits per heavy atom. The fourth-order valence-electron chi connectivity index (χ4n) is 3.71. The van der Waals surface area contributed by atoms with Crippen molar-refractivity contribution in [1.82, 2.24) is 9.80 Å². The van der Waals surface area contributed by atoms with Crippen LogP contribution in [0.3, 0.4) is 0 Å². The first-order valence-electron chi connectivity index (χ1n) is 11.5. The second-order valence-corrected chi connectivity index (χ2v) is 8.14. The van der Waals surface area contributed by atoms with Crippen molar-refractivity contribution in [3.8, 4) is 0 Å². The SMILES string of the molecule is CCCCCCCCCCCCCCCCCCN(C)C(=NC)N(C)C. The Morgan fingerprint density at radius 3 is 1.23 bits per heavy atom. The lowest BCUT2D eigenvalue weighted by molar-refractivity contribution is 0.406. The summed E-state index contributed by atoms with van der Waals surface area (Å²) >= 11 is 0. The van der Waals surface area contributed by atoms with Gasteiger partial charge in [0.15, 0.2) is 5.96 Å². The summed E-state index contributed by atoms with van der Waals surface area (Å²) in [6.07, 6.45) is 22.8. The van der Waals surface area contributed by atoms with Crippen LogP contribution in [0.2, 0.25) is 0 Å². The molecule has 0 radical (unpaired) electrons. The molecule has 0 spiro atoms. The molecule has 0 aliphatic rings. The second kappa shape index (κ2) is 19.0. The zero-order valence-corrected chi connectivity index (χ0v) is 18.9. The molecule has 0 saturated carbocycles. The summed E-state index contributed by atoms with van der Waals surface area (Å²) in [4.78, 5) is 8.71. The van der Waals surface area contributed by atoms with E-state index in [9.17, 15) is 0 Å². The lowest BCUT2D eigenvalue weighted by Gasteiger charge is -2.26. The lowest BCUT2D eigenvalue weighted by atomic mass is 10.0. The summed E-state index contributed by atoms with van der Waals surface area (Å²) in [6.45, 7) is 3.41. The molecule has 0 atom stereocenters. The van der Waals surface area contributed by atoms with Crippen molar-refractivity contribution in [1.29, 1.82) is 0 Å². The standard InChI is InChI=1S/C23H49N3/c1-6-7-8-9-10-11-12-13-14-15-16-17-18-19-20-21-22-26(5)23(24-2)25(3)4/h6-22H2,1-5H3. The van der Waals surface area contributed by atoms with Crippen molar-refractivity contribution in [3.63, 3.8) is 0 Å². The Balaban J connectivity index is 3.25. The summed E-state index contributed by atoms with van der Waals surface area (Å²) in [7, 11) is 8.14. The van der Waals surface area contributed by atoms with E-state index in [1.54, 1.807) is 0 Å². The maximum atomic E-state index is 4.35. The maximum absolute atomic E-state index is 4.35. The first-order valence-corrected chi connectivity index (χ1v) is 11.5. The van der Waals surface area contributed by atoms with Crippen LogP contribution in [0.25, 0.3) is 0 Å². The minimum Gasteiger partial charge on any atom is -0.349 e. The summed E-state index contributed by atoms with van der Waals surface area (Å²) in [5, 5.41) is 0. The van der Waals surface area contributed by atoms with Crippen molar-refractivity contribution < 1.29 is 0 Å². The molecule has 3 heteroatoms. The smallest absolute Gasteiger partial charge is 0.195 e. The third-order valence-corrected chi connectivity index (χ3v) is 5.29. The van der Waals surface area contributed by atoms with Crippen molar-refractivity contribution in [3.05, 3.63) is 0 Å². The topological polar surface area (TPSA) is 18.8 Å². The molecule has 26 heavy (non-hydrogen) atoms. The van der Waals surface area contributed by atoms with Crippen LogP contribution in [0.15, 0.2) is 4.99 Å². The predicted octanol–water partition coefficient (Wildman–Crippen LogP) is 6.73. The summed E-state index contributed by atoms with van der Waals surface area (Å²) < 4.78 is 0. The monoisotopic (exact) mass is 367 g/mol. The van der Waals surface area contributed by atoms with Gasteiger partial charge in [-0.25, -0.2) is 0 Å². The zero-order valence-electron chi connectivity index (χ0n) is 18.9. The highest BCUT2D eigenvalue weighted by atomic mass is 15.3. The molecule has 0 aromatic carbocycles. The van der Waals surface area contributed by atoms with Gasteiger partial charge in [0.1, 0.15) is 0 Å². The minimum atomic E-state index is 1.07. The number of aliphatic imine (C=N–C) groups is 1. The third-order valence-electron chi connectivity index (χ3n) is 5.29. The van der Waals surface area contributed by atoms with Gasteiger partial charge in [-0.15, -0.1) is 0 Å². The highest BCUT2D eigenvalue weighted by molar-refractivity contribution is 5.79. The molecule has 0 aliphatic carbocycles. The number of rotatable bonds is 17. The Kier molecular flexibility index (Phi) is 18.5. The van der Waals surface area contributed by atoms with E-state index in [0.717, 1.165) is 12.5 Å². The summed E-state index contributed by atoms with van der Waals surface area (Å²) in [5.41, 5.74) is 0. The number of unbranched alkanes of at least 4 members (excludes halogenated alkanes) is 15. The van der Waals surface area contributed by atoms with Crippen LogP contribution in [0.4, 0.5) is 0 Å². The maximum Gasteiger partial charge on any atom is 0.195 e. The molecule has 3 nitrogen and oxygen atoms in total. The van der Waals surface area contributed by atoms with Crippen LogP contribution in [-0.2, 0) is 0 Å². The molecule has 0 saturated heterocycles. The quantitative estimate of drug-likeness (QED) is 0.161. The van der Waals surface area contributed by atoms with Gasteiger partial charge in [0.05, 0.1) is 0 Å².